The average Bonchev–Trinajstić information content (AvgIpc) is 3.04. The minimum absolute atomic E-state index is 0.00809. The number of unbranched alkanes of at least 4 members (excludes halogenated alkanes) is 1. The van der Waals surface area contributed by atoms with Crippen molar-refractivity contribution in [1.82, 2.24) is 10.2 Å². The van der Waals surface area contributed by atoms with E-state index in [1.54, 1.807) is 42.5 Å². The Labute approximate surface area is 279 Å². The van der Waals surface area contributed by atoms with Crippen LogP contribution in [-0.2, 0) is 32.6 Å². The van der Waals surface area contributed by atoms with Gasteiger partial charge in [0.2, 0.25) is 11.8 Å². The maximum atomic E-state index is 14.4. The summed E-state index contributed by atoms with van der Waals surface area (Å²) in [5, 5.41) is 3.86. The molecule has 0 radical (unpaired) electrons. The Morgan fingerprint density at radius 3 is 2.07 bits per heavy atom. The molecule has 0 fully saturated rings. The quantitative estimate of drug-likeness (QED) is 0.140. The molecule has 45 heavy (non-hydrogen) atoms. The number of carbonyl (C=O) groups excluding carboxylic acids is 2. The second-order valence-electron chi connectivity index (χ2n) is 10.4. The van der Waals surface area contributed by atoms with Crippen LogP contribution in [0.15, 0.2) is 108 Å². The average molecular weight is 687 g/mol. The highest BCUT2D eigenvalue weighted by atomic mass is 35.5. The number of hydrogen-bond donors (Lipinski definition) is 1. The molecule has 236 valence electrons. The van der Waals surface area contributed by atoms with Gasteiger partial charge < -0.3 is 10.2 Å². The summed E-state index contributed by atoms with van der Waals surface area (Å²) in [6.45, 7) is 1.90. The van der Waals surface area contributed by atoms with Crippen molar-refractivity contribution >= 4 is 62.3 Å². The number of sulfonamides is 1. The van der Waals surface area contributed by atoms with Crippen molar-refractivity contribution in [3.8, 4) is 0 Å². The molecule has 0 aliphatic heterocycles. The molecule has 0 spiro atoms. The van der Waals surface area contributed by atoms with Crippen LogP contribution >= 0.6 is 34.8 Å². The first-order valence-corrected chi connectivity index (χ1v) is 17.1. The fourth-order valence-electron chi connectivity index (χ4n) is 4.74. The molecule has 0 saturated heterocycles. The molecule has 2 amide bonds. The summed E-state index contributed by atoms with van der Waals surface area (Å²) in [6, 6.07) is 27.6. The van der Waals surface area contributed by atoms with Crippen LogP contribution in [0.3, 0.4) is 0 Å². The van der Waals surface area contributed by atoms with Gasteiger partial charge in [-0.05, 0) is 60.0 Å². The van der Waals surface area contributed by atoms with Gasteiger partial charge >= 0.3 is 0 Å². The molecule has 0 bridgehead atoms. The highest BCUT2D eigenvalue weighted by Gasteiger charge is 2.34. The Balaban J connectivity index is 1.79. The molecule has 0 aliphatic rings. The van der Waals surface area contributed by atoms with E-state index in [0.29, 0.717) is 11.6 Å². The Hall–Kier alpha value is -3.56. The molecular formula is C34H34Cl3N3O4S. The van der Waals surface area contributed by atoms with Gasteiger partial charge in [0.05, 0.1) is 20.6 Å². The number of rotatable bonds is 14. The van der Waals surface area contributed by atoms with Crippen molar-refractivity contribution in [1.29, 1.82) is 0 Å². The van der Waals surface area contributed by atoms with E-state index in [2.05, 4.69) is 5.32 Å². The lowest BCUT2D eigenvalue weighted by Gasteiger charge is -2.34. The maximum Gasteiger partial charge on any atom is 0.264 e. The zero-order valence-corrected chi connectivity index (χ0v) is 27.8. The van der Waals surface area contributed by atoms with Gasteiger partial charge in [-0.1, -0.05) is 109 Å². The van der Waals surface area contributed by atoms with Crippen LogP contribution in [0.4, 0.5) is 5.69 Å². The molecule has 0 aliphatic carbocycles. The molecule has 4 aromatic carbocycles. The van der Waals surface area contributed by atoms with Gasteiger partial charge in [0.1, 0.15) is 12.6 Å². The molecule has 0 saturated carbocycles. The molecule has 4 rings (SSSR count). The van der Waals surface area contributed by atoms with Crippen molar-refractivity contribution in [2.24, 2.45) is 0 Å². The zero-order chi connectivity index (χ0) is 32.4. The minimum atomic E-state index is -4.25. The highest BCUT2D eigenvalue weighted by Crippen LogP contribution is 2.31. The van der Waals surface area contributed by atoms with Crippen LogP contribution in [0.2, 0.25) is 15.1 Å². The Kier molecular flexibility index (Phi) is 12.3. The second-order valence-corrected chi connectivity index (χ2v) is 13.5. The number of amides is 2. The van der Waals surface area contributed by atoms with Crippen molar-refractivity contribution < 1.29 is 18.0 Å². The van der Waals surface area contributed by atoms with E-state index in [1.165, 1.54) is 35.2 Å². The number of hydrogen-bond acceptors (Lipinski definition) is 4. The van der Waals surface area contributed by atoms with Gasteiger partial charge in [-0.15, -0.1) is 0 Å². The minimum Gasteiger partial charge on any atom is -0.354 e. The van der Waals surface area contributed by atoms with Crippen LogP contribution in [0.5, 0.6) is 0 Å². The molecule has 0 aromatic heterocycles. The molecule has 1 N–H and O–H groups in total. The summed E-state index contributed by atoms with van der Waals surface area (Å²) in [4.78, 5) is 29.7. The van der Waals surface area contributed by atoms with Gasteiger partial charge in [0.25, 0.3) is 10.0 Å². The smallest absolute Gasteiger partial charge is 0.264 e. The first-order chi connectivity index (χ1) is 21.6. The van der Waals surface area contributed by atoms with E-state index >= 15 is 0 Å². The van der Waals surface area contributed by atoms with Gasteiger partial charge in [0.15, 0.2) is 0 Å². The molecule has 11 heteroatoms. The Bertz CT molecular complexity index is 1690. The zero-order valence-electron chi connectivity index (χ0n) is 24.7. The van der Waals surface area contributed by atoms with Gasteiger partial charge in [-0.3, -0.25) is 13.9 Å². The topological polar surface area (TPSA) is 86.8 Å². The summed E-state index contributed by atoms with van der Waals surface area (Å²) >= 11 is 18.6. The van der Waals surface area contributed by atoms with Crippen molar-refractivity contribution in [2.45, 2.75) is 43.7 Å². The number of nitrogens with one attached hydrogen (secondary N) is 1. The predicted molar refractivity (Wildman–Crippen MR) is 181 cm³/mol. The molecule has 7 nitrogen and oxygen atoms in total. The molecule has 4 aromatic rings. The van der Waals surface area contributed by atoms with Crippen LogP contribution in [-0.4, -0.2) is 44.3 Å². The number of carbonyl (C=O) groups is 2. The van der Waals surface area contributed by atoms with E-state index in [1.807, 2.05) is 37.3 Å². The number of nitrogens with zero attached hydrogens (tertiary/aromatic N) is 2. The summed E-state index contributed by atoms with van der Waals surface area (Å²) in [7, 11) is -4.25. The number of halogens is 3. The number of anilines is 1. The monoisotopic (exact) mass is 685 g/mol. The first-order valence-electron chi connectivity index (χ1n) is 14.5. The molecule has 0 heterocycles. The van der Waals surface area contributed by atoms with E-state index < -0.39 is 28.5 Å². The Morgan fingerprint density at radius 1 is 0.800 bits per heavy atom. The van der Waals surface area contributed by atoms with Crippen LogP contribution < -0.4 is 9.62 Å². The van der Waals surface area contributed by atoms with Crippen molar-refractivity contribution in [3.05, 3.63) is 129 Å². The largest absolute Gasteiger partial charge is 0.354 e. The lowest BCUT2D eigenvalue weighted by molar-refractivity contribution is -0.140. The second kappa shape index (κ2) is 16.1. The fourth-order valence-corrected chi connectivity index (χ4v) is 6.58. The van der Waals surface area contributed by atoms with E-state index in [0.717, 1.165) is 28.3 Å². The van der Waals surface area contributed by atoms with Gasteiger partial charge in [0, 0.05) is 24.5 Å². The summed E-state index contributed by atoms with van der Waals surface area (Å²) in [6.07, 6.45) is 1.87. The molecular weight excluding hydrogens is 653 g/mol. The Morgan fingerprint density at radius 2 is 1.44 bits per heavy atom. The third-order valence-corrected chi connectivity index (χ3v) is 9.95. The number of benzene rings is 4. The molecule has 1 atom stereocenters. The van der Waals surface area contributed by atoms with Crippen molar-refractivity contribution in [2.75, 3.05) is 17.4 Å². The lowest BCUT2D eigenvalue weighted by Crippen LogP contribution is -2.53. The summed E-state index contributed by atoms with van der Waals surface area (Å²) < 4.78 is 29.1. The normalized spacial score (nSPS) is 11.9. The lowest BCUT2D eigenvalue weighted by atomic mass is 10.0. The first kappa shape index (κ1) is 34.3. The highest BCUT2D eigenvalue weighted by molar-refractivity contribution is 7.92. The maximum absolute atomic E-state index is 14.4. The summed E-state index contributed by atoms with van der Waals surface area (Å²) in [5.74, 6) is -0.913. The van der Waals surface area contributed by atoms with Crippen LogP contribution in [0.1, 0.15) is 30.9 Å². The third kappa shape index (κ3) is 9.23. The van der Waals surface area contributed by atoms with Gasteiger partial charge in [-0.2, -0.15) is 0 Å². The summed E-state index contributed by atoms with van der Waals surface area (Å²) in [5.41, 5.74) is 1.72. The third-order valence-electron chi connectivity index (χ3n) is 7.17. The molecule has 1 unspecified atom stereocenters. The predicted octanol–water partition coefficient (Wildman–Crippen LogP) is 7.40. The SMILES string of the molecule is CCCCNC(=O)C(Cc1ccccc1)N(Cc1ccc(Cl)cc1)C(=O)CN(c1ccc(Cl)c(Cl)c1)S(=O)(=O)c1ccccc1. The van der Waals surface area contributed by atoms with Crippen molar-refractivity contribution in [3.63, 3.8) is 0 Å². The van der Waals surface area contributed by atoms with Crippen LogP contribution in [0.25, 0.3) is 0 Å². The van der Waals surface area contributed by atoms with Crippen LogP contribution in [0, 0.1) is 0 Å². The fraction of sp³-hybridized carbons (Fsp3) is 0.235. The standard InChI is InChI=1S/C34H34Cl3N3O4S/c1-2-3-20-38-34(42)32(21-25-10-6-4-7-11-25)39(23-26-14-16-27(35)17-15-26)33(41)24-40(28-18-19-30(36)31(37)22-28)45(43,44)29-12-8-5-9-13-29/h4-19,22,32H,2-3,20-21,23-24H2,1H3,(H,38,42). The van der Waals surface area contributed by atoms with Gasteiger partial charge in [-0.25, -0.2) is 8.42 Å². The van der Waals surface area contributed by atoms with E-state index in [-0.39, 0.29) is 39.5 Å². The van der Waals surface area contributed by atoms with E-state index in [9.17, 15) is 18.0 Å². The van der Waals surface area contributed by atoms with E-state index in [4.69, 9.17) is 34.8 Å².